The van der Waals surface area contributed by atoms with E-state index in [4.69, 9.17) is 0 Å². The third-order valence-corrected chi connectivity index (χ3v) is 2.72. The zero-order chi connectivity index (χ0) is 12.5. The molecule has 0 aliphatic heterocycles. The van der Waals surface area contributed by atoms with Crippen LogP contribution in [0.5, 0.6) is 0 Å². The summed E-state index contributed by atoms with van der Waals surface area (Å²) in [5.74, 6) is -0.470. The van der Waals surface area contributed by atoms with Crippen molar-refractivity contribution in [1.82, 2.24) is 15.2 Å². The van der Waals surface area contributed by atoms with E-state index in [0.717, 1.165) is 6.20 Å². The molecule has 5 heteroatoms. The Hall–Kier alpha value is -2.56. The summed E-state index contributed by atoms with van der Waals surface area (Å²) >= 11 is 0. The van der Waals surface area contributed by atoms with Crippen LogP contribution in [0, 0.1) is 5.82 Å². The van der Waals surface area contributed by atoms with Crippen molar-refractivity contribution in [2.45, 2.75) is 0 Å². The van der Waals surface area contributed by atoms with Gasteiger partial charge in [-0.05, 0) is 12.1 Å². The summed E-state index contributed by atoms with van der Waals surface area (Å²) in [6.07, 6.45) is 2.61. The van der Waals surface area contributed by atoms with E-state index in [1.165, 1.54) is 12.3 Å². The number of halogens is 1. The summed E-state index contributed by atoms with van der Waals surface area (Å²) in [5.41, 5.74) is 0.436. The van der Waals surface area contributed by atoms with Gasteiger partial charge >= 0.3 is 0 Å². The lowest BCUT2D eigenvalue weighted by Gasteiger charge is -2.05. The molecule has 2 heterocycles. The second-order valence-electron chi connectivity index (χ2n) is 3.80. The number of aromatic nitrogens is 3. The molecule has 88 valence electrons. The van der Waals surface area contributed by atoms with Crippen LogP contribution in [0.25, 0.3) is 22.0 Å². The Morgan fingerprint density at radius 2 is 1.89 bits per heavy atom. The van der Waals surface area contributed by atoms with Gasteiger partial charge in [0.05, 0.1) is 11.6 Å². The molecule has 0 atom stereocenters. The Kier molecular flexibility index (Phi) is 2.37. The Labute approximate surface area is 101 Å². The number of H-pyrrole nitrogens is 1. The van der Waals surface area contributed by atoms with Crippen molar-refractivity contribution in [3.63, 3.8) is 0 Å². The van der Waals surface area contributed by atoms with E-state index in [0.29, 0.717) is 22.0 Å². The fourth-order valence-corrected chi connectivity index (χ4v) is 1.89. The summed E-state index contributed by atoms with van der Waals surface area (Å²) in [7, 11) is 0. The summed E-state index contributed by atoms with van der Waals surface area (Å²) < 4.78 is 13.7. The highest BCUT2D eigenvalue weighted by Crippen LogP contribution is 2.25. The maximum atomic E-state index is 13.7. The first-order chi connectivity index (χ1) is 8.77. The topological polar surface area (TPSA) is 58.6 Å². The van der Waals surface area contributed by atoms with Crippen LogP contribution in [-0.4, -0.2) is 15.2 Å². The second-order valence-corrected chi connectivity index (χ2v) is 3.80. The van der Waals surface area contributed by atoms with Crippen molar-refractivity contribution < 1.29 is 4.39 Å². The molecule has 4 nitrogen and oxygen atoms in total. The molecule has 0 fully saturated rings. The Bertz CT molecular complexity index is 782. The molecule has 0 amide bonds. The molecule has 0 aliphatic carbocycles. The standard InChI is InChI=1S/C13H8FN3O/c14-11-7-15-6-5-10(11)12-8-3-1-2-4-9(8)13(18)17-16-12/h1-7H,(H,17,18). The van der Waals surface area contributed by atoms with E-state index in [2.05, 4.69) is 15.2 Å². The number of rotatable bonds is 1. The molecule has 2 aromatic heterocycles. The van der Waals surface area contributed by atoms with Crippen molar-refractivity contribution in [1.29, 1.82) is 0 Å². The number of fused-ring (bicyclic) bond motifs is 1. The second kappa shape index (κ2) is 4.03. The molecule has 1 N–H and O–H groups in total. The molecule has 18 heavy (non-hydrogen) atoms. The minimum absolute atomic E-state index is 0.288. The number of aromatic amines is 1. The fourth-order valence-electron chi connectivity index (χ4n) is 1.89. The third kappa shape index (κ3) is 1.57. The van der Waals surface area contributed by atoms with Crippen LogP contribution in [0.1, 0.15) is 0 Å². The maximum Gasteiger partial charge on any atom is 0.272 e. The SMILES string of the molecule is O=c1[nH]nc(-c2ccncc2F)c2ccccc12. The fraction of sp³-hybridized carbons (Fsp3) is 0. The van der Waals surface area contributed by atoms with Crippen molar-refractivity contribution in [3.8, 4) is 11.3 Å². The van der Waals surface area contributed by atoms with Crippen LogP contribution in [0.3, 0.4) is 0 Å². The molecule has 0 bridgehead atoms. The molecule has 0 saturated heterocycles. The molecular formula is C13H8FN3O. The molecule has 1 aromatic carbocycles. The number of pyridine rings is 1. The number of hydrogen-bond donors (Lipinski definition) is 1. The van der Waals surface area contributed by atoms with Crippen LogP contribution < -0.4 is 5.56 Å². The molecule has 0 saturated carbocycles. The van der Waals surface area contributed by atoms with Gasteiger partial charge in [0.1, 0.15) is 5.69 Å². The van der Waals surface area contributed by atoms with Gasteiger partial charge in [-0.3, -0.25) is 9.78 Å². The first kappa shape index (κ1) is 10.6. The summed E-state index contributed by atoms with van der Waals surface area (Å²) in [6.45, 7) is 0. The van der Waals surface area contributed by atoms with Crippen molar-refractivity contribution in [2.75, 3.05) is 0 Å². The third-order valence-electron chi connectivity index (χ3n) is 2.72. The average molecular weight is 241 g/mol. The summed E-state index contributed by atoms with van der Waals surface area (Å²) in [6, 6.07) is 8.49. The minimum atomic E-state index is -0.470. The average Bonchev–Trinajstić information content (AvgIpc) is 2.41. The minimum Gasteiger partial charge on any atom is -0.267 e. The molecular weight excluding hydrogens is 233 g/mol. The lowest BCUT2D eigenvalue weighted by molar-refractivity contribution is 0.624. The van der Waals surface area contributed by atoms with Crippen LogP contribution in [-0.2, 0) is 0 Å². The van der Waals surface area contributed by atoms with Crippen molar-refractivity contribution in [3.05, 3.63) is 58.9 Å². The summed E-state index contributed by atoms with van der Waals surface area (Å²) in [4.78, 5) is 15.3. The van der Waals surface area contributed by atoms with Gasteiger partial charge in [0.2, 0.25) is 0 Å². The zero-order valence-electron chi connectivity index (χ0n) is 9.22. The van der Waals surface area contributed by atoms with Crippen molar-refractivity contribution >= 4 is 10.8 Å². The quantitative estimate of drug-likeness (QED) is 0.710. The molecule has 3 rings (SSSR count). The normalized spacial score (nSPS) is 10.7. The van der Waals surface area contributed by atoms with Crippen LogP contribution in [0.2, 0.25) is 0 Å². The van der Waals surface area contributed by atoms with Gasteiger partial charge < -0.3 is 0 Å². The largest absolute Gasteiger partial charge is 0.272 e. The van der Waals surface area contributed by atoms with Gasteiger partial charge in [-0.25, -0.2) is 9.49 Å². The van der Waals surface area contributed by atoms with Gasteiger partial charge in [0, 0.05) is 17.1 Å². The number of nitrogens with zero attached hydrogens (tertiary/aromatic N) is 2. The van der Waals surface area contributed by atoms with Crippen molar-refractivity contribution in [2.24, 2.45) is 0 Å². The number of nitrogens with one attached hydrogen (secondary N) is 1. The van der Waals surface area contributed by atoms with Gasteiger partial charge in [-0.1, -0.05) is 18.2 Å². The van der Waals surface area contributed by atoms with E-state index in [1.54, 1.807) is 24.3 Å². The Morgan fingerprint density at radius 3 is 2.67 bits per heavy atom. The lowest BCUT2D eigenvalue weighted by atomic mass is 10.1. The van der Waals surface area contributed by atoms with Crippen LogP contribution >= 0.6 is 0 Å². The Morgan fingerprint density at radius 1 is 1.11 bits per heavy atom. The molecule has 0 unspecified atom stereocenters. The lowest BCUT2D eigenvalue weighted by Crippen LogP contribution is -2.09. The van der Waals surface area contributed by atoms with E-state index in [1.807, 2.05) is 0 Å². The highest BCUT2D eigenvalue weighted by molar-refractivity contribution is 5.93. The number of hydrogen-bond acceptors (Lipinski definition) is 3. The van der Waals surface area contributed by atoms with E-state index in [-0.39, 0.29) is 5.56 Å². The molecule has 3 aromatic rings. The number of benzene rings is 1. The zero-order valence-corrected chi connectivity index (χ0v) is 9.22. The molecule has 0 aliphatic rings. The maximum absolute atomic E-state index is 13.7. The summed E-state index contributed by atoms with van der Waals surface area (Å²) in [5, 5.41) is 7.41. The highest BCUT2D eigenvalue weighted by Gasteiger charge is 2.11. The van der Waals surface area contributed by atoms with Gasteiger partial charge in [0.25, 0.3) is 5.56 Å². The molecule has 0 radical (unpaired) electrons. The predicted octanol–water partition coefficient (Wildman–Crippen LogP) is 2.12. The monoisotopic (exact) mass is 241 g/mol. The predicted molar refractivity (Wildman–Crippen MR) is 65.6 cm³/mol. The van der Waals surface area contributed by atoms with Gasteiger partial charge in [-0.2, -0.15) is 5.10 Å². The van der Waals surface area contributed by atoms with E-state index >= 15 is 0 Å². The van der Waals surface area contributed by atoms with Gasteiger partial charge in [-0.15, -0.1) is 0 Å². The first-order valence-corrected chi connectivity index (χ1v) is 5.34. The van der Waals surface area contributed by atoms with E-state index < -0.39 is 5.82 Å². The Balaban J connectivity index is 2.41. The first-order valence-electron chi connectivity index (χ1n) is 5.34. The molecule has 0 spiro atoms. The van der Waals surface area contributed by atoms with Crippen LogP contribution in [0.15, 0.2) is 47.5 Å². The van der Waals surface area contributed by atoms with Crippen LogP contribution in [0.4, 0.5) is 4.39 Å². The van der Waals surface area contributed by atoms with Gasteiger partial charge in [0.15, 0.2) is 5.82 Å². The van der Waals surface area contributed by atoms with E-state index in [9.17, 15) is 9.18 Å². The smallest absolute Gasteiger partial charge is 0.267 e. The highest BCUT2D eigenvalue weighted by atomic mass is 19.1.